The fourth-order valence-electron chi connectivity index (χ4n) is 3.37. The zero-order valence-corrected chi connectivity index (χ0v) is 16.3. The van der Waals surface area contributed by atoms with Gasteiger partial charge in [0.1, 0.15) is 11.6 Å². The average Bonchev–Trinajstić information content (AvgIpc) is 2.88. The highest BCUT2D eigenvalue weighted by atomic mass is 32.2. The molecule has 0 radical (unpaired) electrons. The van der Waals surface area contributed by atoms with Crippen LogP contribution in [0.15, 0.2) is 48.5 Å². The van der Waals surface area contributed by atoms with Gasteiger partial charge in [-0.3, -0.25) is 4.79 Å². The number of aryl methyl sites for hydroxylation is 2. The zero-order chi connectivity index (χ0) is 19.0. The largest absolute Gasteiger partial charge is 0.497 e. The Kier molecular flexibility index (Phi) is 4.66. The third-order valence-corrected chi connectivity index (χ3v) is 5.94. The minimum Gasteiger partial charge on any atom is -0.497 e. The quantitative estimate of drug-likeness (QED) is 0.738. The minimum atomic E-state index is -0.00827. The van der Waals surface area contributed by atoms with Gasteiger partial charge in [-0.05, 0) is 49.2 Å². The van der Waals surface area contributed by atoms with Gasteiger partial charge in [0.05, 0.1) is 29.5 Å². The maximum atomic E-state index is 12.4. The Morgan fingerprint density at radius 3 is 2.67 bits per heavy atom. The lowest BCUT2D eigenvalue weighted by Crippen LogP contribution is -2.15. The van der Waals surface area contributed by atoms with E-state index in [2.05, 4.69) is 23.5 Å². The summed E-state index contributed by atoms with van der Waals surface area (Å²) in [4.78, 5) is 12.4. The molecule has 27 heavy (non-hydrogen) atoms. The second-order valence-electron chi connectivity index (χ2n) is 6.61. The summed E-state index contributed by atoms with van der Waals surface area (Å²) < 4.78 is 7.12. The average molecular weight is 379 g/mol. The van der Waals surface area contributed by atoms with Crippen LogP contribution in [-0.4, -0.2) is 28.6 Å². The number of hydrogen-bond donors (Lipinski definition) is 1. The first-order valence-corrected chi connectivity index (χ1v) is 9.83. The van der Waals surface area contributed by atoms with Gasteiger partial charge in [0.15, 0.2) is 0 Å². The molecule has 1 aliphatic heterocycles. The molecule has 0 spiro atoms. The van der Waals surface area contributed by atoms with Gasteiger partial charge in [0, 0.05) is 5.56 Å². The smallest absolute Gasteiger partial charge is 0.235 e. The summed E-state index contributed by atoms with van der Waals surface area (Å²) in [6.07, 6.45) is 0. The van der Waals surface area contributed by atoms with Crippen LogP contribution >= 0.6 is 11.8 Å². The van der Waals surface area contributed by atoms with Crippen LogP contribution in [0.5, 0.6) is 5.75 Å². The summed E-state index contributed by atoms with van der Waals surface area (Å²) in [7, 11) is 1.66. The fraction of sp³-hybridized carbons (Fsp3) is 0.238. The highest BCUT2D eigenvalue weighted by Crippen LogP contribution is 2.44. The molecule has 0 saturated heterocycles. The molecule has 0 saturated carbocycles. The van der Waals surface area contributed by atoms with Gasteiger partial charge in [-0.15, -0.1) is 11.8 Å². The molecular weight excluding hydrogens is 358 g/mol. The van der Waals surface area contributed by atoms with Crippen molar-refractivity contribution in [3.63, 3.8) is 0 Å². The Bertz CT molecular complexity index is 995. The van der Waals surface area contributed by atoms with Crippen LogP contribution < -0.4 is 10.1 Å². The maximum absolute atomic E-state index is 12.4. The van der Waals surface area contributed by atoms with Crippen LogP contribution in [0.3, 0.4) is 0 Å². The number of nitrogens with one attached hydrogen (secondary N) is 1. The number of nitrogens with zero attached hydrogens (tertiary/aromatic N) is 2. The van der Waals surface area contributed by atoms with E-state index in [9.17, 15) is 4.79 Å². The molecular formula is C21H21N3O2S. The molecule has 1 amide bonds. The van der Waals surface area contributed by atoms with E-state index in [4.69, 9.17) is 9.84 Å². The number of amides is 1. The Labute approximate surface area is 162 Å². The van der Waals surface area contributed by atoms with Gasteiger partial charge >= 0.3 is 0 Å². The van der Waals surface area contributed by atoms with Gasteiger partial charge in [-0.25, -0.2) is 4.68 Å². The van der Waals surface area contributed by atoms with Crippen molar-refractivity contribution in [1.29, 1.82) is 0 Å². The second-order valence-corrected chi connectivity index (χ2v) is 7.70. The van der Waals surface area contributed by atoms with E-state index in [-0.39, 0.29) is 11.2 Å². The van der Waals surface area contributed by atoms with Crippen LogP contribution in [0.2, 0.25) is 0 Å². The predicted molar refractivity (Wildman–Crippen MR) is 109 cm³/mol. The summed E-state index contributed by atoms with van der Waals surface area (Å²) in [5.74, 6) is 1.97. The standard InChI is InChI=1S/C21H21N3O2S/c1-13-5-4-6-16(11-13)24-21-19(14(2)23-24)20(27-12-18(25)22-21)15-7-9-17(26-3)10-8-15/h4-11,20H,12H2,1-3H3,(H,22,25). The number of anilines is 1. The van der Waals surface area contributed by atoms with E-state index in [1.54, 1.807) is 18.9 Å². The number of ether oxygens (including phenoxy) is 1. The topological polar surface area (TPSA) is 56.1 Å². The van der Waals surface area contributed by atoms with Crippen molar-refractivity contribution in [3.05, 3.63) is 70.9 Å². The first kappa shape index (κ1) is 17.7. The number of carbonyl (C=O) groups is 1. The number of hydrogen-bond acceptors (Lipinski definition) is 4. The third kappa shape index (κ3) is 3.32. The molecule has 138 valence electrons. The summed E-state index contributed by atoms with van der Waals surface area (Å²) >= 11 is 1.62. The lowest BCUT2D eigenvalue weighted by molar-refractivity contribution is -0.113. The second kappa shape index (κ2) is 7.12. The van der Waals surface area contributed by atoms with Crippen molar-refractivity contribution >= 4 is 23.5 Å². The Hall–Kier alpha value is -2.73. The molecule has 6 heteroatoms. The summed E-state index contributed by atoms with van der Waals surface area (Å²) in [6, 6.07) is 16.1. The molecule has 2 heterocycles. The van der Waals surface area contributed by atoms with Crippen LogP contribution in [0.4, 0.5) is 5.82 Å². The maximum Gasteiger partial charge on any atom is 0.235 e. The lowest BCUT2D eigenvalue weighted by Gasteiger charge is -2.16. The monoisotopic (exact) mass is 379 g/mol. The summed E-state index contributed by atoms with van der Waals surface area (Å²) in [5.41, 5.74) is 5.19. The number of benzene rings is 2. The SMILES string of the molecule is COc1ccc(C2SCC(=O)Nc3c2c(C)nn3-c2cccc(C)c2)cc1. The van der Waals surface area contributed by atoms with Gasteiger partial charge in [-0.1, -0.05) is 24.3 Å². The summed E-state index contributed by atoms with van der Waals surface area (Å²) in [6.45, 7) is 4.05. The van der Waals surface area contributed by atoms with Crippen LogP contribution in [-0.2, 0) is 4.79 Å². The molecule has 4 rings (SSSR count). The van der Waals surface area contributed by atoms with Crippen molar-refractivity contribution in [1.82, 2.24) is 9.78 Å². The van der Waals surface area contributed by atoms with E-state index in [0.29, 0.717) is 5.75 Å². The van der Waals surface area contributed by atoms with E-state index in [1.165, 1.54) is 0 Å². The third-order valence-electron chi connectivity index (χ3n) is 4.67. The minimum absolute atomic E-state index is 0.00827. The number of aromatic nitrogens is 2. The number of methoxy groups -OCH3 is 1. The van der Waals surface area contributed by atoms with Crippen LogP contribution in [0.1, 0.15) is 27.6 Å². The van der Waals surface area contributed by atoms with Gasteiger partial charge in [-0.2, -0.15) is 5.10 Å². The molecule has 0 aliphatic carbocycles. The first-order chi connectivity index (χ1) is 13.1. The zero-order valence-electron chi connectivity index (χ0n) is 15.5. The molecule has 1 N–H and O–H groups in total. The molecule has 0 bridgehead atoms. The normalized spacial score (nSPS) is 16.4. The van der Waals surface area contributed by atoms with Crippen molar-refractivity contribution in [3.8, 4) is 11.4 Å². The van der Waals surface area contributed by atoms with Crippen molar-refractivity contribution in [2.45, 2.75) is 19.1 Å². The number of fused-ring (bicyclic) bond motifs is 1. The van der Waals surface area contributed by atoms with Crippen molar-refractivity contribution in [2.75, 3.05) is 18.2 Å². The van der Waals surface area contributed by atoms with E-state index in [1.807, 2.05) is 48.9 Å². The molecule has 3 aromatic rings. The number of rotatable bonds is 3. The first-order valence-electron chi connectivity index (χ1n) is 8.79. The highest BCUT2D eigenvalue weighted by Gasteiger charge is 2.30. The Morgan fingerprint density at radius 2 is 1.96 bits per heavy atom. The van der Waals surface area contributed by atoms with Crippen molar-refractivity contribution in [2.24, 2.45) is 0 Å². The molecule has 5 nitrogen and oxygen atoms in total. The van der Waals surface area contributed by atoms with E-state index < -0.39 is 0 Å². The highest BCUT2D eigenvalue weighted by molar-refractivity contribution is 8.00. The van der Waals surface area contributed by atoms with Gasteiger partial charge in [0.2, 0.25) is 5.91 Å². The summed E-state index contributed by atoms with van der Waals surface area (Å²) in [5, 5.41) is 7.85. The Morgan fingerprint density at radius 1 is 1.19 bits per heavy atom. The van der Waals surface area contributed by atoms with Gasteiger partial charge < -0.3 is 10.1 Å². The molecule has 1 aromatic heterocycles. The molecule has 1 aliphatic rings. The number of carbonyl (C=O) groups excluding carboxylic acids is 1. The molecule has 2 aromatic carbocycles. The number of thioether (sulfide) groups is 1. The van der Waals surface area contributed by atoms with Crippen molar-refractivity contribution < 1.29 is 9.53 Å². The Balaban J connectivity index is 1.86. The van der Waals surface area contributed by atoms with Crippen LogP contribution in [0.25, 0.3) is 5.69 Å². The fourth-order valence-corrected chi connectivity index (χ4v) is 4.56. The van der Waals surface area contributed by atoms with Gasteiger partial charge in [0.25, 0.3) is 0 Å². The molecule has 1 atom stereocenters. The molecule has 1 unspecified atom stereocenters. The predicted octanol–water partition coefficient (Wildman–Crippen LogP) is 4.27. The van der Waals surface area contributed by atoms with Crippen LogP contribution in [0, 0.1) is 13.8 Å². The van der Waals surface area contributed by atoms with E-state index in [0.717, 1.165) is 39.6 Å². The lowest BCUT2D eigenvalue weighted by atomic mass is 10.0. The van der Waals surface area contributed by atoms with E-state index >= 15 is 0 Å². The molecule has 0 fully saturated rings.